The van der Waals surface area contributed by atoms with Crippen molar-refractivity contribution in [2.45, 2.75) is 12.2 Å². The first-order chi connectivity index (χ1) is 7.46. The Morgan fingerprint density at radius 3 is 1.38 bits per heavy atom. The van der Waals surface area contributed by atoms with Crippen LogP contribution in [0.5, 0.6) is 0 Å². The summed E-state index contributed by atoms with van der Waals surface area (Å²) in [5.74, 6) is -3.54. The topological polar surface area (TPSA) is 128 Å². The first-order valence-corrected chi connectivity index (χ1v) is 4.13. The lowest BCUT2D eigenvalue weighted by molar-refractivity contribution is -0.165. The van der Waals surface area contributed by atoms with Gasteiger partial charge in [0, 0.05) is 12.4 Å². The van der Waals surface area contributed by atoms with E-state index in [9.17, 15) is 9.59 Å². The molecule has 0 spiro atoms. The zero-order valence-corrected chi connectivity index (χ0v) is 8.09. The summed E-state index contributed by atoms with van der Waals surface area (Å²) in [7, 11) is 0. The third-order valence-electron chi connectivity index (χ3n) is 1.37. The molecule has 0 saturated carbocycles. The number of aliphatic hydroxyl groups excluding tert-OH is 2. The molecule has 0 bridgehead atoms. The van der Waals surface area contributed by atoms with Crippen molar-refractivity contribution in [3.8, 4) is 0 Å². The van der Waals surface area contributed by atoms with Crippen molar-refractivity contribution < 1.29 is 30.0 Å². The molecule has 0 fully saturated rings. The van der Waals surface area contributed by atoms with E-state index in [0.717, 1.165) is 0 Å². The highest BCUT2D eigenvalue weighted by atomic mass is 16.4. The molecule has 4 N–H and O–H groups in total. The molecular weight excluding hydrogens is 218 g/mol. The second-order valence-corrected chi connectivity index (χ2v) is 2.59. The third kappa shape index (κ3) is 5.68. The number of carboxylic acids is 2. The van der Waals surface area contributed by atoms with Gasteiger partial charge in [0.1, 0.15) is 0 Å². The minimum atomic E-state index is -2.27. The summed E-state index contributed by atoms with van der Waals surface area (Å²) in [6, 6.07) is 5.72. The van der Waals surface area contributed by atoms with Crippen LogP contribution in [0.2, 0.25) is 0 Å². The quantitative estimate of drug-likeness (QED) is 0.521. The summed E-state index contributed by atoms with van der Waals surface area (Å²) >= 11 is 0. The van der Waals surface area contributed by atoms with E-state index in [0.29, 0.717) is 0 Å². The summed E-state index contributed by atoms with van der Waals surface area (Å²) < 4.78 is 0. The number of carbonyl (C=O) groups is 2. The second-order valence-electron chi connectivity index (χ2n) is 2.59. The zero-order valence-electron chi connectivity index (χ0n) is 8.09. The molecule has 0 radical (unpaired) electrons. The summed E-state index contributed by atoms with van der Waals surface area (Å²) in [4.78, 5) is 23.3. The maximum absolute atomic E-state index is 9.77. The number of rotatable bonds is 3. The summed E-state index contributed by atoms with van der Waals surface area (Å²) in [6.45, 7) is 0. The lowest BCUT2D eigenvalue weighted by Crippen LogP contribution is -2.39. The number of aliphatic carboxylic acids is 2. The monoisotopic (exact) mass is 229 g/mol. The van der Waals surface area contributed by atoms with Gasteiger partial charge < -0.3 is 20.4 Å². The Bertz CT molecular complexity index is 283. The number of aromatic nitrogens is 1. The van der Waals surface area contributed by atoms with Gasteiger partial charge in [0.05, 0.1) is 0 Å². The predicted octanol–water partition coefficient (Wildman–Crippen LogP) is -1.04. The van der Waals surface area contributed by atoms with E-state index in [-0.39, 0.29) is 0 Å². The SMILES string of the molecule is O=C(O)[C@H](O)[C@@H](O)C(=O)O.c1ccncc1. The molecule has 0 amide bonds. The first-order valence-electron chi connectivity index (χ1n) is 4.13. The molecule has 1 heterocycles. The molecule has 0 aliphatic rings. The molecule has 0 aliphatic heterocycles. The van der Waals surface area contributed by atoms with E-state index in [1.165, 1.54) is 0 Å². The van der Waals surface area contributed by atoms with Crippen molar-refractivity contribution in [3.63, 3.8) is 0 Å². The summed E-state index contributed by atoms with van der Waals surface area (Å²) in [6.07, 6.45) is -1.03. The fourth-order valence-corrected chi connectivity index (χ4v) is 0.583. The van der Waals surface area contributed by atoms with Crippen LogP contribution in [-0.2, 0) is 9.59 Å². The van der Waals surface area contributed by atoms with Crippen LogP contribution in [0.1, 0.15) is 0 Å². The van der Waals surface area contributed by atoms with Gasteiger partial charge in [-0.3, -0.25) is 4.98 Å². The van der Waals surface area contributed by atoms with Gasteiger partial charge in [-0.15, -0.1) is 0 Å². The Morgan fingerprint density at radius 1 is 0.875 bits per heavy atom. The number of hydrogen-bond acceptors (Lipinski definition) is 5. The molecular formula is C9H11NO6. The number of nitrogens with zero attached hydrogens (tertiary/aromatic N) is 1. The Labute approximate surface area is 90.6 Å². The lowest BCUT2D eigenvalue weighted by atomic mass is 10.2. The van der Waals surface area contributed by atoms with Gasteiger partial charge in [-0.25, -0.2) is 9.59 Å². The molecule has 7 heteroatoms. The number of carboxylic acid groups (broad SMARTS) is 2. The van der Waals surface area contributed by atoms with Crippen molar-refractivity contribution in [1.82, 2.24) is 4.98 Å². The second kappa shape index (κ2) is 7.32. The molecule has 1 rings (SSSR count). The number of aliphatic hydroxyl groups is 2. The van der Waals surface area contributed by atoms with Crippen molar-refractivity contribution >= 4 is 11.9 Å². The van der Waals surface area contributed by atoms with Gasteiger partial charge in [0.2, 0.25) is 0 Å². The molecule has 2 atom stereocenters. The molecule has 0 unspecified atom stereocenters. The number of hydrogen-bond donors (Lipinski definition) is 4. The highest BCUT2D eigenvalue weighted by Crippen LogP contribution is 1.92. The van der Waals surface area contributed by atoms with E-state index >= 15 is 0 Å². The van der Waals surface area contributed by atoms with Crippen molar-refractivity contribution in [3.05, 3.63) is 30.6 Å². The summed E-state index contributed by atoms with van der Waals surface area (Å²) in [5.41, 5.74) is 0. The molecule has 0 aromatic carbocycles. The predicted molar refractivity (Wildman–Crippen MR) is 51.5 cm³/mol. The van der Waals surface area contributed by atoms with Gasteiger partial charge in [0.15, 0.2) is 12.2 Å². The maximum atomic E-state index is 9.77. The molecule has 0 aliphatic carbocycles. The lowest BCUT2D eigenvalue weighted by Gasteiger charge is -2.07. The standard InChI is InChI=1S/C5H5N.C4H6O6/c1-2-4-6-5-3-1;5-1(3(7)8)2(6)4(9)10/h1-5H;1-2,5-6H,(H,7,8)(H,9,10)/t;1-,2-/m.1/s1. The Balaban J connectivity index is 0.000000315. The maximum Gasteiger partial charge on any atom is 0.335 e. The van der Waals surface area contributed by atoms with Crippen LogP contribution < -0.4 is 0 Å². The largest absolute Gasteiger partial charge is 0.479 e. The van der Waals surface area contributed by atoms with Crippen LogP contribution in [0, 0.1) is 0 Å². The Morgan fingerprint density at radius 2 is 1.25 bits per heavy atom. The van der Waals surface area contributed by atoms with E-state index in [1.807, 2.05) is 18.2 Å². The average molecular weight is 229 g/mol. The minimum Gasteiger partial charge on any atom is -0.479 e. The third-order valence-corrected chi connectivity index (χ3v) is 1.37. The zero-order chi connectivity index (χ0) is 12.6. The van der Waals surface area contributed by atoms with E-state index < -0.39 is 24.1 Å². The molecule has 0 saturated heterocycles. The van der Waals surface area contributed by atoms with E-state index in [1.54, 1.807) is 12.4 Å². The van der Waals surface area contributed by atoms with Gasteiger partial charge in [0.25, 0.3) is 0 Å². The highest BCUT2D eigenvalue weighted by molar-refractivity contribution is 5.83. The normalized spacial score (nSPS) is 12.9. The molecule has 1 aromatic heterocycles. The highest BCUT2D eigenvalue weighted by Gasteiger charge is 2.29. The van der Waals surface area contributed by atoms with Crippen molar-refractivity contribution in [2.24, 2.45) is 0 Å². The Kier molecular flexibility index (Phi) is 6.41. The van der Waals surface area contributed by atoms with Crippen molar-refractivity contribution in [2.75, 3.05) is 0 Å². The van der Waals surface area contributed by atoms with Gasteiger partial charge >= 0.3 is 11.9 Å². The molecule has 1 aromatic rings. The fourth-order valence-electron chi connectivity index (χ4n) is 0.583. The first kappa shape index (κ1) is 14.0. The van der Waals surface area contributed by atoms with Crippen LogP contribution in [0.15, 0.2) is 30.6 Å². The van der Waals surface area contributed by atoms with Crippen LogP contribution in [0.4, 0.5) is 0 Å². The van der Waals surface area contributed by atoms with Gasteiger partial charge in [-0.05, 0) is 12.1 Å². The van der Waals surface area contributed by atoms with Crippen LogP contribution in [0.25, 0.3) is 0 Å². The fraction of sp³-hybridized carbons (Fsp3) is 0.222. The summed E-state index contributed by atoms with van der Waals surface area (Å²) in [5, 5.41) is 32.5. The minimum absolute atomic E-state index is 1.75. The van der Waals surface area contributed by atoms with Crippen LogP contribution in [0.3, 0.4) is 0 Å². The van der Waals surface area contributed by atoms with E-state index in [4.69, 9.17) is 20.4 Å². The molecule has 16 heavy (non-hydrogen) atoms. The average Bonchev–Trinajstić information content (AvgIpc) is 2.30. The van der Waals surface area contributed by atoms with Crippen LogP contribution >= 0.6 is 0 Å². The Hall–Kier alpha value is -1.99. The molecule has 7 nitrogen and oxygen atoms in total. The van der Waals surface area contributed by atoms with Gasteiger partial charge in [-0.1, -0.05) is 6.07 Å². The van der Waals surface area contributed by atoms with Gasteiger partial charge in [-0.2, -0.15) is 0 Å². The molecule has 88 valence electrons. The van der Waals surface area contributed by atoms with Crippen LogP contribution in [-0.4, -0.2) is 49.6 Å². The van der Waals surface area contributed by atoms with E-state index in [2.05, 4.69) is 4.98 Å². The van der Waals surface area contributed by atoms with Crippen molar-refractivity contribution in [1.29, 1.82) is 0 Å². The number of pyridine rings is 1. The smallest absolute Gasteiger partial charge is 0.335 e.